The number of hydrogen-bond acceptors (Lipinski definition) is 24. The number of rotatable bonds is 18. The summed E-state index contributed by atoms with van der Waals surface area (Å²) < 4.78 is 94.9. The Labute approximate surface area is 640 Å². The molecule has 0 bridgehead atoms. The van der Waals surface area contributed by atoms with E-state index in [2.05, 4.69) is 134 Å². The number of sulfone groups is 3. The number of nitrogen functional groups attached to an aromatic ring is 3. The van der Waals surface area contributed by atoms with Gasteiger partial charge in [-0.3, -0.25) is 14.4 Å². The predicted octanol–water partition coefficient (Wildman–Crippen LogP) is 12.1. The molecular weight excluding hydrogens is 1430 g/mol. The molecule has 0 spiro atoms. The Bertz CT molecular complexity index is 4150. The number of carbonyl (C=O) groups is 3. The largest absolute Gasteiger partial charge is 0.384 e. The van der Waals surface area contributed by atoms with Crippen molar-refractivity contribution in [3.05, 3.63) is 125 Å². The number of nitrogens with zero attached hydrogens (tertiary/aromatic N) is 9. The zero-order chi connectivity index (χ0) is 78.9. The topological polar surface area (TPSA) is 346 Å². The van der Waals surface area contributed by atoms with Gasteiger partial charge in [0.25, 0.3) is 0 Å². The number of pyridine rings is 6. The third kappa shape index (κ3) is 18.7. The van der Waals surface area contributed by atoms with Crippen LogP contribution in [0.3, 0.4) is 0 Å². The average molecular weight is 1540 g/mol. The summed E-state index contributed by atoms with van der Waals surface area (Å²) in [6.07, 6.45) is 9.21. The first-order valence-electron chi connectivity index (χ1n) is 38.0. The minimum atomic E-state index is -3.97. The van der Waals surface area contributed by atoms with Gasteiger partial charge in [-0.15, -0.1) is 0 Å². The summed E-state index contributed by atoms with van der Waals surface area (Å²) in [6, 6.07) is 23.9. The van der Waals surface area contributed by atoms with E-state index in [9.17, 15) is 39.6 Å². The van der Waals surface area contributed by atoms with Gasteiger partial charge in [0.15, 0.2) is 32.4 Å². The molecule has 6 aliphatic rings. The van der Waals surface area contributed by atoms with E-state index in [1.165, 1.54) is 54.6 Å². The predicted molar refractivity (Wildman–Crippen MR) is 423 cm³/mol. The van der Waals surface area contributed by atoms with Crippen molar-refractivity contribution in [1.29, 1.82) is 0 Å². The van der Waals surface area contributed by atoms with Gasteiger partial charge in [0, 0.05) is 109 Å². The second-order valence-corrected chi connectivity index (χ2v) is 40.5. The Kier molecular flexibility index (Phi) is 24.9. The Hall–Kier alpha value is -7.56. The van der Waals surface area contributed by atoms with Crippen LogP contribution in [-0.4, -0.2) is 166 Å². The van der Waals surface area contributed by atoms with E-state index in [1.807, 2.05) is 18.2 Å². The molecule has 0 aliphatic carbocycles. The lowest BCUT2D eigenvalue weighted by atomic mass is 9.75. The molecule has 0 radical (unpaired) electrons. The summed E-state index contributed by atoms with van der Waals surface area (Å²) in [5.41, 5.74) is 19.2. The Morgan fingerprint density at radius 3 is 0.815 bits per heavy atom. The van der Waals surface area contributed by atoms with Gasteiger partial charge >= 0.3 is 0 Å². The minimum absolute atomic E-state index is 0.0957. The molecule has 6 aromatic heterocycles. The van der Waals surface area contributed by atoms with Crippen molar-refractivity contribution in [3.8, 4) is 0 Å². The Balaban J connectivity index is 0.000000173. The van der Waals surface area contributed by atoms with E-state index in [0.717, 1.165) is 134 Å². The number of ketones is 3. The second kappa shape index (κ2) is 32.4. The monoisotopic (exact) mass is 1540 g/mol. The number of anilines is 6. The molecule has 0 saturated carbocycles. The molecule has 12 heterocycles. The number of nitrogens with two attached hydrogens (primary N) is 3. The van der Waals surface area contributed by atoms with Crippen molar-refractivity contribution < 1.29 is 53.8 Å². The van der Waals surface area contributed by atoms with E-state index in [4.69, 9.17) is 46.4 Å². The SMILES string of the molecule is CC(C)(C)c1ccc(C(=O)CS(=O)(=O)c2cccc(N)n2)c(N2CCC(C3CCOCC3)C2(C)C)n1.CC(C)(C)c1ccc(C(=O)CS(=O)(=O)c2cccc(N)n2)c(N2CCC(C3CCOCC3)C2(C)C)n1.CC(C)(C)c1ccc(C(=O)CS(=O)(=O)c2cccc(N)n2)c(N2CCC(C3CCOCC3)C2(C)C)n1. The zero-order valence-electron chi connectivity index (χ0n) is 65.9. The fourth-order valence-corrected chi connectivity index (χ4v) is 20.4. The van der Waals surface area contributed by atoms with Crippen LogP contribution in [-0.2, 0) is 60.0 Å². The Morgan fingerprint density at radius 2 is 0.602 bits per heavy atom. The van der Waals surface area contributed by atoms with Gasteiger partial charge in [0.1, 0.15) is 52.2 Å². The van der Waals surface area contributed by atoms with Crippen molar-refractivity contribution in [1.82, 2.24) is 29.9 Å². The number of hydrogen-bond donors (Lipinski definition) is 3. The maximum absolute atomic E-state index is 13.5. The van der Waals surface area contributed by atoms with E-state index in [1.54, 1.807) is 18.2 Å². The molecule has 6 fully saturated rings. The minimum Gasteiger partial charge on any atom is -0.384 e. The van der Waals surface area contributed by atoms with E-state index < -0.39 is 64.1 Å². The quantitative estimate of drug-likeness (QED) is 0.0673. The molecule has 6 N–H and O–H groups in total. The highest BCUT2D eigenvalue weighted by atomic mass is 32.2. The molecule has 12 rings (SSSR count). The maximum atomic E-state index is 13.5. The van der Waals surface area contributed by atoms with E-state index >= 15 is 0 Å². The summed E-state index contributed by atoms with van der Waals surface area (Å²) >= 11 is 0. The van der Waals surface area contributed by atoms with Crippen LogP contribution in [0.15, 0.2) is 106 Å². The molecule has 3 unspecified atom stereocenters. The van der Waals surface area contributed by atoms with Crippen LogP contribution in [0, 0.1) is 35.5 Å². The van der Waals surface area contributed by atoms with Crippen molar-refractivity contribution in [2.24, 2.45) is 35.5 Å². The van der Waals surface area contributed by atoms with Crippen molar-refractivity contribution in [2.45, 2.75) is 210 Å². The summed E-state index contributed by atoms with van der Waals surface area (Å²) in [5.74, 6) is 1.42. The second-order valence-electron chi connectivity index (χ2n) is 34.7. The molecule has 24 nitrogen and oxygen atoms in total. The highest BCUT2D eigenvalue weighted by molar-refractivity contribution is 7.92. The molecule has 3 atom stereocenters. The smallest absolute Gasteiger partial charge is 0.203 e. The van der Waals surface area contributed by atoms with Gasteiger partial charge in [0.05, 0.1) is 16.7 Å². The normalized spacial score (nSPS) is 21.0. The van der Waals surface area contributed by atoms with Gasteiger partial charge < -0.3 is 46.1 Å². The Morgan fingerprint density at radius 1 is 0.370 bits per heavy atom. The summed E-state index contributed by atoms with van der Waals surface area (Å²) in [7, 11) is -11.9. The molecule has 6 aliphatic heterocycles. The molecular formula is C81H114N12O12S3. The molecule has 588 valence electrons. The highest BCUT2D eigenvalue weighted by Crippen LogP contribution is 2.49. The van der Waals surface area contributed by atoms with Crippen molar-refractivity contribution in [2.75, 3.05) is 108 Å². The lowest BCUT2D eigenvalue weighted by molar-refractivity contribution is 0.0380. The van der Waals surface area contributed by atoms with Crippen LogP contribution >= 0.6 is 0 Å². The standard InChI is InChI=1S/3C27H38N4O4S/c3*1-26(2,3)22-10-9-19(21(32)17-36(33,34)24-8-6-7-23(28)30-24)25(29-22)31-14-11-20(27(31,4)5)18-12-15-35-16-13-18/h3*6-10,18,20H,11-17H2,1-5H3,(H2,28,30). The summed E-state index contributed by atoms with van der Waals surface area (Å²) in [5, 5.41) is -0.590. The highest BCUT2D eigenvalue weighted by Gasteiger charge is 2.50. The molecule has 0 aromatic carbocycles. The van der Waals surface area contributed by atoms with Crippen LogP contribution in [0.1, 0.15) is 210 Å². The molecule has 6 saturated heterocycles. The third-order valence-corrected chi connectivity index (χ3v) is 27.6. The number of ether oxygens (including phenoxy) is 3. The van der Waals surface area contributed by atoms with Gasteiger partial charge in [-0.2, -0.15) is 0 Å². The maximum Gasteiger partial charge on any atom is 0.203 e. The zero-order valence-corrected chi connectivity index (χ0v) is 68.3. The lowest BCUT2D eigenvalue weighted by Gasteiger charge is -2.42. The molecule has 108 heavy (non-hydrogen) atoms. The number of carbonyl (C=O) groups excluding carboxylic acids is 3. The summed E-state index contributed by atoms with van der Waals surface area (Å²) in [6.45, 7) is 39.0. The van der Waals surface area contributed by atoms with Gasteiger partial charge in [0.2, 0.25) is 29.5 Å². The lowest BCUT2D eigenvalue weighted by Crippen LogP contribution is -2.47. The molecule has 27 heteroatoms. The van der Waals surface area contributed by atoms with Crippen LogP contribution in [0.25, 0.3) is 0 Å². The van der Waals surface area contributed by atoms with Gasteiger partial charge in [-0.1, -0.05) is 80.5 Å². The average Bonchev–Trinajstić information content (AvgIpc) is 1.62. The first-order valence-corrected chi connectivity index (χ1v) is 42.9. The third-order valence-electron chi connectivity index (χ3n) is 23.1. The van der Waals surface area contributed by atoms with Gasteiger partial charge in [-0.05, 0) is 208 Å². The first-order chi connectivity index (χ1) is 50.4. The number of Topliss-reactive ketones (excluding diaryl/α,β-unsaturated/α-hetero) is 3. The molecule has 6 aromatic rings. The van der Waals surface area contributed by atoms with E-state index in [-0.39, 0.29) is 65.4 Å². The fraction of sp³-hybridized carbons (Fsp3) is 0.593. The van der Waals surface area contributed by atoms with Gasteiger partial charge in [-0.25, -0.2) is 55.2 Å². The van der Waals surface area contributed by atoms with Crippen LogP contribution in [0.5, 0.6) is 0 Å². The fourth-order valence-electron chi connectivity index (χ4n) is 16.9. The number of aromatic nitrogens is 6. The van der Waals surface area contributed by atoms with Crippen molar-refractivity contribution in [3.63, 3.8) is 0 Å². The van der Waals surface area contributed by atoms with Crippen molar-refractivity contribution >= 4 is 81.8 Å². The summed E-state index contributed by atoms with van der Waals surface area (Å²) in [4.78, 5) is 74.0. The van der Waals surface area contributed by atoms with Crippen LogP contribution < -0.4 is 31.9 Å². The molecule has 0 amide bonds. The van der Waals surface area contributed by atoms with Crippen LogP contribution in [0.4, 0.5) is 34.9 Å². The van der Waals surface area contributed by atoms with Crippen LogP contribution in [0.2, 0.25) is 0 Å². The first kappa shape index (κ1) is 82.9. The van der Waals surface area contributed by atoms with E-state index in [0.29, 0.717) is 69.7 Å².